The van der Waals surface area contributed by atoms with E-state index in [9.17, 15) is 14.4 Å². The molecule has 0 aliphatic carbocycles. The number of esters is 1. The summed E-state index contributed by atoms with van der Waals surface area (Å²) < 4.78 is 10.4. The fourth-order valence-corrected chi connectivity index (χ4v) is 2.75. The van der Waals surface area contributed by atoms with Gasteiger partial charge < -0.3 is 15.2 Å². The van der Waals surface area contributed by atoms with Crippen LogP contribution in [0.25, 0.3) is 22.2 Å². The third kappa shape index (κ3) is 4.49. The van der Waals surface area contributed by atoms with Crippen molar-refractivity contribution in [3.8, 4) is 17.0 Å². The number of aromatic nitrogens is 1. The van der Waals surface area contributed by atoms with Crippen LogP contribution in [0, 0.1) is 0 Å². The average Bonchev–Trinajstić information content (AvgIpc) is 2.72. The fraction of sp³-hybridized carbons (Fsp3) is 0.143. The molecule has 148 valence electrons. The van der Waals surface area contributed by atoms with Gasteiger partial charge in [-0.1, -0.05) is 18.2 Å². The Labute approximate surface area is 166 Å². The first-order chi connectivity index (χ1) is 13.9. The number of methoxy groups -OCH3 is 1. The van der Waals surface area contributed by atoms with Crippen LogP contribution in [0.5, 0.6) is 5.75 Å². The van der Waals surface area contributed by atoms with Gasteiger partial charge in [-0.3, -0.25) is 10.1 Å². The molecule has 0 saturated carbocycles. The summed E-state index contributed by atoms with van der Waals surface area (Å²) >= 11 is 0. The van der Waals surface area contributed by atoms with E-state index in [1.807, 2.05) is 23.5 Å². The molecule has 0 unspecified atom stereocenters. The number of carbonyl (C=O) groups is 3. The predicted molar refractivity (Wildman–Crippen MR) is 106 cm³/mol. The Morgan fingerprint density at radius 2 is 1.76 bits per heavy atom. The van der Waals surface area contributed by atoms with E-state index >= 15 is 0 Å². The highest BCUT2D eigenvalue weighted by atomic mass is 16.5. The number of hydrogen-bond acceptors (Lipinski definition) is 6. The predicted octanol–water partition coefficient (Wildman–Crippen LogP) is 2.65. The number of nitrogens with two attached hydrogens (primary N) is 1. The van der Waals surface area contributed by atoms with Gasteiger partial charge in [-0.05, 0) is 43.3 Å². The second kappa shape index (κ2) is 8.39. The second-order valence-corrected chi connectivity index (χ2v) is 6.20. The van der Waals surface area contributed by atoms with Crippen LogP contribution in [0.2, 0.25) is 0 Å². The summed E-state index contributed by atoms with van der Waals surface area (Å²) in [5.74, 6) is -0.825. The maximum Gasteiger partial charge on any atom is 0.339 e. The van der Waals surface area contributed by atoms with E-state index in [2.05, 4.69) is 4.98 Å². The Morgan fingerprint density at radius 3 is 2.41 bits per heavy atom. The standard InChI is InChI=1S/C21H19N3O5/c1-12(19(25)24-21(22)27)29-20(26)16-11-18(13-7-9-14(28-2)10-8-13)23-17-6-4-3-5-15(16)17/h3-12H,1-2H3,(H3,22,24,25,27)/t12-/m1/s1. The first kappa shape index (κ1) is 19.8. The fourth-order valence-electron chi connectivity index (χ4n) is 2.75. The Bertz CT molecular complexity index is 1080. The molecule has 1 atom stereocenters. The summed E-state index contributed by atoms with van der Waals surface area (Å²) in [5, 5.41) is 2.46. The van der Waals surface area contributed by atoms with Gasteiger partial charge in [0.1, 0.15) is 5.75 Å². The van der Waals surface area contributed by atoms with Crippen LogP contribution in [0.3, 0.4) is 0 Å². The van der Waals surface area contributed by atoms with Crippen LogP contribution < -0.4 is 15.8 Å². The molecule has 3 amide bonds. The zero-order valence-corrected chi connectivity index (χ0v) is 15.8. The number of benzene rings is 2. The van der Waals surface area contributed by atoms with Crippen molar-refractivity contribution in [1.29, 1.82) is 0 Å². The topological polar surface area (TPSA) is 121 Å². The molecule has 0 saturated heterocycles. The average molecular weight is 393 g/mol. The number of fused-ring (bicyclic) bond motifs is 1. The molecule has 8 heteroatoms. The largest absolute Gasteiger partial charge is 0.497 e. The van der Waals surface area contributed by atoms with Crippen molar-refractivity contribution in [2.45, 2.75) is 13.0 Å². The van der Waals surface area contributed by atoms with Gasteiger partial charge in [0.15, 0.2) is 6.10 Å². The first-order valence-electron chi connectivity index (χ1n) is 8.74. The monoisotopic (exact) mass is 393 g/mol. The molecule has 0 bridgehead atoms. The van der Waals surface area contributed by atoms with Crippen molar-refractivity contribution in [3.63, 3.8) is 0 Å². The molecule has 0 radical (unpaired) electrons. The Hall–Kier alpha value is -3.94. The Kier molecular flexibility index (Phi) is 5.73. The smallest absolute Gasteiger partial charge is 0.339 e. The van der Waals surface area contributed by atoms with E-state index in [4.69, 9.17) is 15.2 Å². The number of primary amides is 1. The van der Waals surface area contributed by atoms with E-state index < -0.39 is 24.0 Å². The van der Waals surface area contributed by atoms with E-state index in [1.54, 1.807) is 43.5 Å². The van der Waals surface area contributed by atoms with Crippen LogP contribution in [-0.4, -0.2) is 36.1 Å². The number of urea groups is 1. The van der Waals surface area contributed by atoms with Crippen LogP contribution in [0.15, 0.2) is 54.6 Å². The summed E-state index contributed by atoms with van der Waals surface area (Å²) in [6.07, 6.45) is -1.20. The summed E-state index contributed by atoms with van der Waals surface area (Å²) in [7, 11) is 1.58. The third-order valence-corrected chi connectivity index (χ3v) is 4.22. The minimum Gasteiger partial charge on any atom is -0.497 e. The van der Waals surface area contributed by atoms with Crippen molar-refractivity contribution in [2.75, 3.05) is 7.11 Å². The summed E-state index contributed by atoms with van der Waals surface area (Å²) in [4.78, 5) is 40.0. The van der Waals surface area contributed by atoms with Gasteiger partial charge in [0, 0.05) is 10.9 Å². The number of nitrogens with zero attached hydrogens (tertiary/aromatic N) is 1. The quantitative estimate of drug-likeness (QED) is 0.643. The lowest BCUT2D eigenvalue weighted by Gasteiger charge is -2.14. The lowest BCUT2D eigenvalue weighted by atomic mass is 10.0. The van der Waals surface area contributed by atoms with E-state index in [0.29, 0.717) is 22.3 Å². The molecule has 0 aliphatic rings. The number of imide groups is 1. The maximum absolute atomic E-state index is 12.8. The van der Waals surface area contributed by atoms with Gasteiger partial charge in [-0.2, -0.15) is 0 Å². The normalized spacial score (nSPS) is 11.5. The first-order valence-corrected chi connectivity index (χ1v) is 8.74. The molecule has 0 spiro atoms. The molecule has 1 aromatic heterocycles. The highest BCUT2D eigenvalue weighted by molar-refractivity contribution is 6.06. The van der Waals surface area contributed by atoms with Crippen LogP contribution in [-0.2, 0) is 9.53 Å². The molecule has 0 aliphatic heterocycles. The van der Waals surface area contributed by atoms with Crippen molar-refractivity contribution in [1.82, 2.24) is 10.3 Å². The van der Waals surface area contributed by atoms with Gasteiger partial charge in [0.05, 0.1) is 23.9 Å². The van der Waals surface area contributed by atoms with Crippen molar-refractivity contribution >= 4 is 28.8 Å². The van der Waals surface area contributed by atoms with E-state index in [1.165, 1.54) is 6.92 Å². The molecular weight excluding hydrogens is 374 g/mol. The second-order valence-electron chi connectivity index (χ2n) is 6.20. The molecule has 3 rings (SSSR count). The zero-order chi connectivity index (χ0) is 21.0. The van der Waals surface area contributed by atoms with Crippen molar-refractivity contribution < 1.29 is 23.9 Å². The van der Waals surface area contributed by atoms with E-state index in [-0.39, 0.29) is 5.56 Å². The number of pyridine rings is 1. The van der Waals surface area contributed by atoms with Crippen molar-refractivity contribution in [2.24, 2.45) is 5.73 Å². The van der Waals surface area contributed by atoms with Gasteiger partial charge in [-0.25, -0.2) is 14.6 Å². The highest BCUT2D eigenvalue weighted by Crippen LogP contribution is 2.27. The van der Waals surface area contributed by atoms with Crippen LogP contribution >= 0.6 is 0 Å². The lowest BCUT2D eigenvalue weighted by Crippen LogP contribution is -2.42. The molecule has 1 heterocycles. The van der Waals surface area contributed by atoms with Crippen LogP contribution in [0.4, 0.5) is 4.79 Å². The zero-order valence-electron chi connectivity index (χ0n) is 15.8. The number of amides is 3. The number of nitrogens with one attached hydrogen (secondary N) is 1. The Balaban J connectivity index is 1.98. The van der Waals surface area contributed by atoms with Gasteiger partial charge in [0.25, 0.3) is 5.91 Å². The SMILES string of the molecule is COc1ccc(-c2cc(C(=O)O[C@H](C)C(=O)NC(N)=O)c3ccccc3n2)cc1. The number of rotatable bonds is 5. The molecule has 0 fully saturated rings. The van der Waals surface area contributed by atoms with Gasteiger partial charge in [-0.15, -0.1) is 0 Å². The number of para-hydroxylation sites is 1. The number of carbonyl (C=O) groups excluding carboxylic acids is 3. The van der Waals surface area contributed by atoms with Crippen LogP contribution in [0.1, 0.15) is 17.3 Å². The molecule has 29 heavy (non-hydrogen) atoms. The highest BCUT2D eigenvalue weighted by Gasteiger charge is 2.22. The molecular formula is C21H19N3O5. The third-order valence-electron chi connectivity index (χ3n) is 4.22. The molecule has 8 nitrogen and oxygen atoms in total. The molecule has 3 aromatic rings. The number of hydrogen-bond donors (Lipinski definition) is 2. The minimum absolute atomic E-state index is 0.250. The molecule has 3 N–H and O–H groups in total. The van der Waals surface area contributed by atoms with E-state index in [0.717, 1.165) is 5.56 Å². The summed E-state index contributed by atoms with van der Waals surface area (Å²) in [5.41, 5.74) is 7.12. The maximum atomic E-state index is 12.8. The summed E-state index contributed by atoms with van der Waals surface area (Å²) in [6.45, 7) is 1.35. The van der Waals surface area contributed by atoms with Gasteiger partial charge in [0.2, 0.25) is 0 Å². The van der Waals surface area contributed by atoms with Crippen molar-refractivity contribution in [3.05, 3.63) is 60.2 Å². The Morgan fingerprint density at radius 1 is 1.07 bits per heavy atom. The molecule has 2 aromatic carbocycles. The lowest BCUT2D eigenvalue weighted by molar-refractivity contribution is -0.127. The minimum atomic E-state index is -1.20. The number of ether oxygens (including phenoxy) is 2. The summed E-state index contributed by atoms with van der Waals surface area (Å²) in [6, 6.07) is 14.9. The van der Waals surface area contributed by atoms with Gasteiger partial charge >= 0.3 is 12.0 Å².